The highest BCUT2D eigenvalue weighted by Crippen LogP contribution is 2.25. The van der Waals surface area contributed by atoms with Crippen LogP contribution in [0.4, 0.5) is 0 Å². The zero-order chi connectivity index (χ0) is 14.4. The molecule has 5 heteroatoms. The van der Waals surface area contributed by atoms with Crippen LogP contribution in [0.2, 0.25) is 0 Å². The van der Waals surface area contributed by atoms with E-state index in [-0.39, 0.29) is 18.6 Å². The normalized spacial score (nSPS) is 28.4. The molecule has 0 heterocycles. The van der Waals surface area contributed by atoms with Crippen molar-refractivity contribution in [2.24, 2.45) is 22.7 Å². The van der Waals surface area contributed by atoms with Crippen LogP contribution in [0.5, 0.6) is 0 Å². The van der Waals surface area contributed by atoms with Crippen LogP contribution in [0.25, 0.3) is 0 Å². The summed E-state index contributed by atoms with van der Waals surface area (Å²) in [5.41, 5.74) is 5.86. The van der Waals surface area contributed by atoms with Crippen LogP contribution >= 0.6 is 0 Å². The van der Waals surface area contributed by atoms with Gasteiger partial charge in [-0.2, -0.15) is 0 Å². The quantitative estimate of drug-likeness (QED) is 0.460. The van der Waals surface area contributed by atoms with E-state index < -0.39 is 0 Å². The largest absolute Gasteiger partial charge is 0.384 e. The molecule has 1 amide bonds. The molecule has 2 aliphatic rings. The predicted octanol–water partition coefficient (Wildman–Crippen LogP) is 2.16. The second-order valence-corrected chi connectivity index (χ2v) is 6.21. The van der Waals surface area contributed by atoms with Gasteiger partial charge in [-0.25, -0.2) is 0 Å². The molecule has 2 saturated carbocycles. The topological polar surface area (TPSA) is 76.7 Å². The fraction of sp³-hybridized carbons (Fsp3) is 0.867. The van der Waals surface area contributed by atoms with Crippen LogP contribution in [0.1, 0.15) is 58.3 Å². The number of nitrogens with one attached hydrogen (secondary N) is 1. The number of nitrogens with zero attached hydrogens (tertiary/aromatic N) is 1. The van der Waals surface area contributed by atoms with E-state index in [2.05, 4.69) is 17.4 Å². The molecule has 0 radical (unpaired) electrons. The van der Waals surface area contributed by atoms with Gasteiger partial charge in [-0.1, -0.05) is 37.8 Å². The summed E-state index contributed by atoms with van der Waals surface area (Å²) >= 11 is 0. The molecular weight excluding hydrogens is 254 g/mol. The maximum Gasteiger partial charge on any atom is 0.261 e. The standard InChI is InChI=1S/C15H27N3O2/c1-11-6-2-5-9-13(11)17-14(19)10-20-18-15(16)12-7-3-4-8-12/h11-13H,2-10H2,1H3,(H2,16,18)(H,17,19). The lowest BCUT2D eigenvalue weighted by atomic mass is 9.86. The highest BCUT2D eigenvalue weighted by Gasteiger charge is 2.23. The maximum absolute atomic E-state index is 11.8. The summed E-state index contributed by atoms with van der Waals surface area (Å²) in [6, 6.07) is 0.288. The summed E-state index contributed by atoms with van der Waals surface area (Å²) in [6.07, 6.45) is 9.32. The third kappa shape index (κ3) is 4.39. The van der Waals surface area contributed by atoms with Crippen LogP contribution < -0.4 is 11.1 Å². The first kappa shape index (κ1) is 15.1. The Morgan fingerprint density at radius 3 is 2.55 bits per heavy atom. The Morgan fingerprint density at radius 1 is 1.20 bits per heavy atom. The molecule has 114 valence electrons. The molecule has 0 saturated heterocycles. The fourth-order valence-corrected chi connectivity index (χ4v) is 3.24. The highest BCUT2D eigenvalue weighted by atomic mass is 16.6. The van der Waals surface area contributed by atoms with E-state index in [4.69, 9.17) is 10.6 Å². The van der Waals surface area contributed by atoms with Gasteiger partial charge in [0.15, 0.2) is 6.61 Å². The molecule has 2 aliphatic carbocycles. The van der Waals surface area contributed by atoms with Gasteiger partial charge >= 0.3 is 0 Å². The second kappa shape index (κ2) is 7.50. The van der Waals surface area contributed by atoms with E-state index in [1.54, 1.807) is 0 Å². The Balaban J connectivity index is 1.67. The first-order chi connectivity index (χ1) is 9.66. The number of amidine groups is 1. The summed E-state index contributed by atoms with van der Waals surface area (Å²) in [7, 11) is 0. The molecule has 0 aliphatic heterocycles. The van der Waals surface area contributed by atoms with E-state index in [0.717, 1.165) is 19.3 Å². The van der Waals surface area contributed by atoms with Gasteiger partial charge in [0.2, 0.25) is 0 Å². The molecule has 20 heavy (non-hydrogen) atoms. The van der Waals surface area contributed by atoms with Crippen molar-refractivity contribution in [1.29, 1.82) is 0 Å². The number of amides is 1. The van der Waals surface area contributed by atoms with Gasteiger partial charge in [0.1, 0.15) is 5.84 Å². The van der Waals surface area contributed by atoms with E-state index in [1.165, 1.54) is 32.1 Å². The third-order valence-electron chi connectivity index (χ3n) is 4.60. The average Bonchev–Trinajstić information content (AvgIpc) is 2.95. The summed E-state index contributed by atoms with van der Waals surface area (Å²) in [5.74, 6) is 1.35. The van der Waals surface area contributed by atoms with Crippen molar-refractivity contribution >= 4 is 11.7 Å². The minimum absolute atomic E-state index is 0.0311. The first-order valence-corrected chi connectivity index (χ1v) is 7.91. The third-order valence-corrected chi connectivity index (χ3v) is 4.60. The van der Waals surface area contributed by atoms with E-state index in [1.807, 2.05) is 0 Å². The van der Waals surface area contributed by atoms with Crippen molar-refractivity contribution in [3.05, 3.63) is 0 Å². The number of hydrogen-bond acceptors (Lipinski definition) is 3. The zero-order valence-electron chi connectivity index (χ0n) is 12.4. The number of carbonyl (C=O) groups is 1. The molecule has 0 aromatic rings. The van der Waals surface area contributed by atoms with Gasteiger partial charge in [0.25, 0.3) is 5.91 Å². The smallest absolute Gasteiger partial charge is 0.261 e. The SMILES string of the molecule is CC1CCCCC1NC(=O)CON=C(N)C1CCCC1. The monoisotopic (exact) mass is 281 g/mol. The zero-order valence-corrected chi connectivity index (χ0v) is 12.4. The van der Waals surface area contributed by atoms with Crippen molar-refractivity contribution in [2.75, 3.05) is 6.61 Å². The molecule has 2 unspecified atom stereocenters. The van der Waals surface area contributed by atoms with Gasteiger partial charge in [-0.3, -0.25) is 4.79 Å². The summed E-state index contributed by atoms with van der Waals surface area (Å²) < 4.78 is 0. The van der Waals surface area contributed by atoms with Crippen LogP contribution in [0.3, 0.4) is 0 Å². The minimum Gasteiger partial charge on any atom is -0.384 e. The van der Waals surface area contributed by atoms with Crippen molar-refractivity contribution in [3.63, 3.8) is 0 Å². The number of oxime groups is 1. The second-order valence-electron chi connectivity index (χ2n) is 6.21. The van der Waals surface area contributed by atoms with Gasteiger partial charge < -0.3 is 15.9 Å². The molecule has 2 fully saturated rings. The molecule has 0 bridgehead atoms. The Hall–Kier alpha value is -1.26. The molecule has 0 aromatic heterocycles. The lowest BCUT2D eigenvalue weighted by molar-refractivity contribution is -0.127. The Kier molecular flexibility index (Phi) is 5.68. The number of nitrogens with two attached hydrogens (primary N) is 1. The van der Waals surface area contributed by atoms with Crippen LogP contribution in [0, 0.1) is 11.8 Å². The minimum atomic E-state index is -0.0910. The summed E-state index contributed by atoms with van der Waals surface area (Å²) in [5, 5.41) is 6.93. The molecule has 0 aromatic carbocycles. The summed E-state index contributed by atoms with van der Waals surface area (Å²) in [4.78, 5) is 16.9. The lowest BCUT2D eigenvalue weighted by Crippen LogP contribution is -2.42. The van der Waals surface area contributed by atoms with Crippen molar-refractivity contribution in [3.8, 4) is 0 Å². The molecule has 2 atom stereocenters. The number of carbonyl (C=O) groups excluding carboxylic acids is 1. The molecular formula is C15H27N3O2. The van der Waals surface area contributed by atoms with Crippen molar-refractivity contribution in [1.82, 2.24) is 5.32 Å². The number of hydrogen-bond donors (Lipinski definition) is 2. The fourth-order valence-electron chi connectivity index (χ4n) is 3.24. The Bertz CT molecular complexity index is 351. The lowest BCUT2D eigenvalue weighted by Gasteiger charge is -2.29. The summed E-state index contributed by atoms with van der Waals surface area (Å²) in [6.45, 7) is 2.16. The van der Waals surface area contributed by atoms with E-state index in [9.17, 15) is 4.79 Å². The van der Waals surface area contributed by atoms with Gasteiger partial charge in [-0.05, 0) is 31.6 Å². The van der Waals surface area contributed by atoms with Crippen LogP contribution in [0.15, 0.2) is 5.16 Å². The molecule has 2 rings (SSSR count). The van der Waals surface area contributed by atoms with Crippen LogP contribution in [-0.4, -0.2) is 24.4 Å². The predicted molar refractivity (Wildman–Crippen MR) is 79.1 cm³/mol. The van der Waals surface area contributed by atoms with Gasteiger partial charge in [-0.15, -0.1) is 0 Å². The molecule has 0 spiro atoms. The van der Waals surface area contributed by atoms with Crippen molar-refractivity contribution in [2.45, 2.75) is 64.3 Å². The number of rotatable bonds is 5. The van der Waals surface area contributed by atoms with E-state index in [0.29, 0.717) is 17.7 Å². The molecule has 5 nitrogen and oxygen atoms in total. The van der Waals surface area contributed by atoms with Gasteiger partial charge in [0.05, 0.1) is 0 Å². The first-order valence-electron chi connectivity index (χ1n) is 7.91. The van der Waals surface area contributed by atoms with Crippen molar-refractivity contribution < 1.29 is 9.63 Å². The van der Waals surface area contributed by atoms with E-state index >= 15 is 0 Å². The molecule has 3 N–H and O–H groups in total. The van der Waals surface area contributed by atoms with Crippen LogP contribution in [-0.2, 0) is 9.63 Å². The Morgan fingerprint density at radius 2 is 1.85 bits per heavy atom. The Labute approximate surface area is 121 Å². The highest BCUT2D eigenvalue weighted by molar-refractivity contribution is 5.82. The average molecular weight is 281 g/mol. The maximum atomic E-state index is 11.8. The van der Waals surface area contributed by atoms with Gasteiger partial charge in [0, 0.05) is 12.0 Å².